The average molecular weight is 404 g/mol. The van der Waals surface area contributed by atoms with Crippen molar-refractivity contribution in [3.63, 3.8) is 0 Å². The van der Waals surface area contributed by atoms with Crippen LogP contribution in [0.1, 0.15) is 5.56 Å². The summed E-state index contributed by atoms with van der Waals surface area (Å²) in [4.78, 5) is 34.4. The van der Waals surface area contributed by atoms with Crippen LogP contribution in [0.5, 0.6) is 17.2 Å². The van der Waals surface area contributed by atoms with E-state index in [2.05, 4.69) is 5.32 Å². The summed E-state index contributed by atoms with van der Waals surface area (Å²) in [6.45, 7) is -0.588. The number of amides is 1. The number of nitro groups is 1. The van der Waals surface area contributed by atoms with Gasteiger partial charge in [-0.2, -0.15) is 0 Å². The Morgan fingerprint density at radius 3 is 2.21 bits per heavy atom. The van der Waals surface area contributed by atoms with E-state index in [-0.39, 0.29) is 17.8 Å². The molecule has 0 aliphatic carbocycles. The van der Waals surface area contributed by atoms with Crippen LogP contribution in [0.4, 0.5) is 11.4 Å². The van der Waals surface area contributed by atoms with Gasteiger partial charge < -0.3 is 24.3 Å². The molecule has 2 rings (SSSR count). The summed E-state index contributed by atoms with van der Waals surface area (Å²) in [6.07, 6.45) is -0.143. The Balaban J connectivity index is 1.98. The van der Waals surface area contributed by atoms with Crippen molar-refractivity contribution in [2.45, 2.75) is 6.42 Å². The summed E-state index contributed by atoms with van der Waals surface area (Å²) in [5, 5.41) is 13.3. The summed E-state index contributed by atoms with van der Waals surface area (Å²) in [6, 6.07) is 8.84. The molecule has 0 fully saturated rings. The molecule has 2 aromatic carbocycles. The number of nitrogens with one attached hydrogen (secondary N) is 1. The van der Waals surface area contributed by atoms with Crippen molar-refractivity contribution in [2.24, 2.45) is 0 Å². The first-order chi connectivity index (χ1) is 13.9. The van der Waals surface area contributed by atoms with Crippen molar-refractivity contribution >= 4 is 23.3 Å². The van der Waals surface area contributed by atoms with Crippen molar-refractivity contribution in [3.05, 3.63) is 52.1 Å². The number of carbonyl (C=O) groups excluding carboxylic acids is 2. The maximum Gasteiger partial charge on any atom is 0.310 e. The van der Waals surface area contributed by atoms with Gasteiger partial charge in [-0.05, 0) is 23.8 Å². The van der Waals surface area contributed by atoms with Crippen molar-refractivity contribution in [2.75, 3.05) is 33.3 Å². The molecule has 10 heteroatoms. The summed E-state index contributed by atoms with van der Waals surface area (Å²) in [5.41, 5.74) is 0.288. The molecule has 0 aliphatic heterocycles. The normalized spacial score (nSPS) is 10.0. The van der Waals surface area contributed by atoms with Crippen LogP contribution in [0.2, 0.25) is 0 Å². The number of ether oxygens (including phenoxy) is 4. The molecule has 0 atom stereocenters. The molecular formula is C19H20N2O8. The number of nitrogens with zero attached hydrogens (tertiary/aromatic N) is 1. The number of esters is 1. The summed E-state index contributed by atoms with van der Waals surface area (Å²) >= 11 is 0. The lowest BCUT2D eigenvalue weighted by Gasteiger charge is -2.14. The van der Waals surface area contributed by atoms with Gasteiger partial charge in [0.2, 0.25) is 5.75 Å². The van der Waals surface area contributed by atoms with Crippen molar-refractivity contribution in [3.8, 4) is 17.2 Å². The highest BCUT2D eigenvalue weighted by molar-refractivity contribution is 5.94. The molecule has 0 aromatic heterocycles. The van der Waals surface area contributed by atoms with Gasteiger partial charge in [0.05, 0.1) is 32.7 Å². The first-order valence-corrected chi connectivity index (χ1v) is 8.37. The first kappa shape index (κ1) is 21.5. The number of nitro benzene ring substituents is 1. The molecule has 1 N–H and O–H groups in total. The highest BCUT2D eigenvalue weighted by atomic mass is 16.6. The SMILES string of the molecule is COc1cc(CC(=O)OCC(=O)Nc2ccccc2[N+](=O)[O-])cc(OC)c1OC. The van der Waals surface area contributed by atoms with E-state index >= 15 is 0 Å². The highest BCUT2D eigenvalue weighted by Gasteiger charge is 2.18. The lowest BCUT2D eigenvalue weighted by atomic mass is 10.1. The van der Waals surface area contributed by atoms with E-state index in [0.717, 1.165) is 0 Å². The van der Waals surface area contributed by atoms with E-state index < -0.39 is 23.4 Å². The fourth-order valence-electron chi connectivity index (χ4n) is 2.53. The van der Waals surface area contributed by atoms with Crippen molar-refractivity contribution in [1.29, 1.82) is 0 Å². The zero-order valence-electron chi connectivity index (χ0n) is 16.1. The number of hydrogen-bond donors (Lipinski definition) is 1. The van der Waals surface area contributed by atoms with E-state index in [0.29, 0.717) is 22.8 Å². The Morgan fingerprint density at radius 2 is 1.66 bits per heavy atom. The van der Waals surface area contributed by atoms with Crippen LogP contribution < -0.4 is 19.5 Å². The van der Waals surface area contributed by atoms with Crippen LogP contribution in [0.25, 0.3) is 0 Å². The lowest BCUT2D eigenvalue weighted by molar-refractivity contribution is -0.383. The molecule has 10 nitrogen and oxygen atoms in total. The molecule has 0 unspecified atom stereocenters. The lowest BCUT2D eigenvalue weighted by Crippen LogP contribution is -2.22. The van der Waals surface area contributed by atoms with E-state index in [1.807, 2.05) is 0 Å². The van der Waals surface area contributed by atoms with Gasteiger partial charge in [0.25, 0.3) is 11.6 Å². The molecule has 0 saturated heterocycles. The van der Waals surface area contributed by atoms with Crippen LogP contribution in [0.3, 0.4) is 0 Å². The monoisotopic (exact) mass is 404 g/mol. The minimum atomic E-state index is -0.697. The Kier molecular flexibility index (Phi) is 7.35. The number of rotatable bonds is 9. The molecule has 0 radical (unpaired) electrons. The zero-order chi connectivity index (χ0) is 21.4. The quantitative estimate of drug-likeness (QED) is 0.383. The Hall–Kier alpha value is -3.82. The number of carbonyl (C=O) groups is 2. The molecule has 0 saturated carbocycles. The predicted octanol–water partition coefficient (Wildman–Crippen LogP) is 2.34. The fourth-order valence-corrected chi connectivity index (χ4v) is 2.53. The third-order valence-electron chi connectivity index (χ3n) is 3.81. The maximum absolute atomic E-state index is 12.1. The Bertz CT molecular complexity index is 888. The van der Waals surface area contributed by atoms with Gasteiger partial charge in [-0.3, -0.25) is 19.7 Å². The fraction of sp³-hybridized carbons (Fsp3) is 0.263. The predicted molar refractivity (Wildman–Crippen MR) is 102 cm³/mol. The molecule has 0 bridgehead atoms. The number of hydrogen-bond acceptors (Lipinski definition) is 8. The Labute approximate surface area is 166 Å². The van der Waals surface area contributed by atoms with Crippen molar-refractivity contribution in [1.82, 2.24) is 0 Å². The molecule has 0 heterocycles. The van der Waals surface area contributed by atoms with Crippen LogP contribution in [-0.2, 0) is 20.7 Å². The minimum Gasteiger partial charge on any atom is -0.493 e. The van der Waals surface area contributed by atoms with E-state index in [1.54, 1.807) is 18.2 Å². The topological polar surface area (TPSA) is 126 Å². The molecule has 154 valence electrons. The molecule has 29 heavy (non-hydrogen) atoms. The molecule has 0 aliphatic rings. The number of para-hydroxylation sites is 2. The second-order valence-corrected chi connectivity index (χ2v) is 5.69. The second-order valence-electron chi connectivity index (χ2n) is 5.69. The molecule has 1 amide bonds. The highest BCUT2D eigenvalue weighted by Crippen LogP contribution is 2.38. The average Bonchev–Trinajstić information content (AvgIpc) is 2.71. The molecule has 0 spiro atoms. The van der Waals surface area contributed by atoms with Gasteiger partial charge in [-0.1, -0.05) is 12.1 Å². The van der Waals surface area contributed by atoms with Crippen molar-refractivity contribution < 1.29 is 33.5 Å². The molecule has 2 aromatic rings. The van der Waals surface area contributed by atoms with Crippen LogP contribution in [0, 0.1) is 10.1 Å². The summed E-state index contributed by atoms with van der Waals surface area (Å²) in [7, 11) is 4.36. The van der Waals surface area contributed by atoms with Gasteiger partial charge in [-0.15, -0.1) is 0 Å². The summed E-state index contributed by atoms with van der Waals surface area (Å²) in [5.74, 6) is -0.224. The maximum atomic E-state index is 12.1. The van der Waals surface area contributed by atoms with Gasteiger partial charge in [-0.25, -0.2) is 0 Å². The third-order valence-corrected chi connectivity index (χ3v) is 3.81. The van der Waals surface area contributed by atoms with Crippen LogP contribution >= 0.6 is 0 Å². The zero-order valence-corrected chi connectivity index (χ0v) is 16.1. The molecular weight excluding hydrogens is 384 g/mol. The number of benzene rings is 2. The van der Waals surface area contributed by atoms with Crippen LogP contribution in [0.15, 0.2) is 36.4 Å². The smallest absolute Gasteiger partial charge is 0.310 e. The number of methoxy groups -OCH3 is 3. The third kappa shape index (κ3) is 5.58. The van der Waals surface area contributed by atoms with E-state index in [1.165, 1.54) is 39.5 Å². The second kappa shape index (κ2) is 9.93. The number of anilines is 1. The minimum absolute atomic E-state index is 0.0168. The van der Waals surface area contributed by atoms with Crippen LogP contribution in [-0.4, -0.2) is 44.7 Å². The van der Waals surface area contributed by atoms with Gasteiger partial charge in [0, 0.05) is 6.07 Å². The van der Waals surface area contributed by atoms with Gasteiger partial charge >= 0.3 is 5.97 Å². The van der Waals surface area contributed by atoms with E-state index in [4.69, 9.17) is 18.9 Å². The standard InChI is InChI=1S/C19H20N2O8/c1-26-15-8-12(9-16(27-2)19(15)28-3)10-18(23)29-11-17(22)20-13-6-4-5-7-14(13)21(24)25/h4-9H,10-11H2,1-3H3,(H,20,22). The van der Waals surface area contributed by atoms with Gasteiger partial charge in [0.1, 0.15) is 5.69 Å². The van der Waals surface area contributed by atoms with Gasteiger partial charge in [0.15, 0.2) is 18.1 Å². The summed E-state index contributed by atoms with van der Waals surface area (Å²) < 4.78 is 20.6. The largest absolute Gasteiger partial charge is 0.493 e. The van der Waals surface area contributed by atoms with E-state index in [9.17, 15) is 19.7 Å². The first-order valence-electron chi connectivity index (χ1n) is 8.37. The Morgan fingerprint density at radius 1 is 1.03 bits per heavy atom.